The molecule has 7 nitrogen and oxygen atoms in total. The van der Waals surface area contributed by atoms with E-state index in [9.17, 15) is 5.26 Å². The van der Waals surface area contributed by atoms with Gasteiger partial charge in [-0.1, -0.05) is 17.7 Å². The van der Waals surface area contributed by atoms with Crippen LogP contribution in [0.3, 0.4) is 0 Å². The molecule has 0 amide bonds. The van der Waals surface area contributed by atoms with E-state index in [2.05, 4.69) is 11.2 Å². The number of allylic oxidation sites excluding steroid dienone is 1. The Bertz CT molecular complexity index is 1210. The molecule has 0 spiro atoms. The van der Waals surface area contributed by atoms with Gasteiger partial charge in [0.2, 0.25) is 11.8 Å². The van der Waals surface area contributed by atoms with Crippen LogP contribution in [-0.4, -0.2) is 24.0 Å². The molecule has 152 valence electrons. The van der Waals surface area contributed by atoms with Crippen LogP contribution in [0.2, 0.25) is 5.02 Å². The fourth-order valence-corrected chi connectivity index (χ4v) is 3.86. The van der Waals surface area contributed by atoms with Crippen molar-refractivity contribution in [2.45, 2.75) is 12.8 Å². The fourth-order valence-electron chi connectivity index (χ4n) is 3.67. The van der Waals surface area contributed by atoms with Crippen LogP contribution in [0.25, 0.3) is 5.69 Å². The molecule has 0 aliphatic carbocycles. The third-order valence-corrected chi connectivity index (χ3v) is 5.27. The van der Waals surface area contributed by atoms with Gasteiger partial charge in [0.15, 0.2) is 0 Å². The molecule has 0 saturated carbocycles. The number of aryl methyl sites for hydroxylation is 1. The molecule has 1 atom stereocenters. The number of rotatable bonds is 4. The van der Waals surface area contributed by atoms with Crippen LogP contribution in [-0.2, 0) is 0 Å². The highest BCUT2D eigenvalue weighted by Gasteiger charge is 2.37. The number of aromatic nitrogens is 2. The molecule has 8 heteroatoms. The van der Waals surface area contributed by atoms with Gasteiger partial charge in [0.05, 0.1) is 37.1 Å². The first-order valence-corrected chi connectivity index (χ1v) is 9.51. The van der Waals surface area contributed by atoms with Crippen molar-refractivity contribution < 1.29 is 14.2 Å². The van der Waals surface area contributed by atoms with Crippen molar-refractivity contribution in [1.29, 1.82) is 5.26 Å². The Morgan fingerprint density at radius 3 is 2.67 bits per heavy atom. The lowest BCUT2D eigenvalue weighted by atomic mass is 9.83. The van der Waals surface area contributed by atoms with Crippen LogP contribution < -0.4 is 19.9 Å². The summed E-state index contributed by atoms with van der Waals surface area (Å²) in [7, 11) is 3.16. The molecule has 3 aromatic rings. The fraction of sp³-hybridized carbons (Fsp3) is 0.182. The molecular weight excluding hydrogens is 404 g/mol. The van der Waals surface area contributed by atoms with Gasteiger partial charge in [0, 0.05) is 10.6 Å². The van der Waals surface area contributed by atoms with Crippen LogP contribution >= 0.6 is 11.6 Å². The summed E-state index contributed by atoms with van der Waals surface area (Å²) in [5.41, 5.74) is 9.33. The highest BCUT2D eigenvalue weighted by Crippen LogP contribution is 2.47. The molecule has 1 aliphatic rings. The number of nitrogens with zero attached hydrogens (tertiary/aromatic N) is 3. The summed E-state index contributed by atoms with van der Waals surface area (Å²) in [6.45, 7) is 1.86. The summed E-state index contributed by atoms with van der Waals surface area (Å²) in [6.07, 6.45) is 0. The lowest BCUT2D eigenvalue weighted by Gasteiger charge is -2.26. The van der Waals surface area contributed by atoms with Crippen LogP contribution in [0.15, 0.2) is 53.9 Å². The molecule has 0 radical (unpaired) electrons. The van der Waals surface area contributed by atoms with Crippen molar-refractivity contribution in [2.24, 2.45) is 5.73 Å². The molecule has 2 aromatic carbocycles. The smallest absolute Gasteiger partial charge is 0.229 e. The normalized spacial score (nSPS) is 15.2. The quantitative estimate of drug-likeness (QED) is 0.680. The zero-order valence-corrected chi connectivity index (χ0v) is 17.4. The Hall–Kier alpha value is -3.63. The minimum absolute atomic E-state index is 0.0167. The molecule has 30 heavy (non-hydrogen) atoms. The lowest BCUT2D eigenvalue weighted by molar-refractivity contribution is 0.363. The predicted octanol–water partition coefficient (Wildman–Crippen LogP) is 4.07. The van der Waals surface area contributed by atoms with E-state index in [4.69, 9.17) is 31.5 Å². The van der Waals surface area contributed by atoms with Crippen molar-refractivity contribution in [3.63, 3.8) is 0 Å². The van der Waals surface area contributed by atoms with Gasteiger partial charge < -0.3 is 19.9 Å². The maximum atomic E-state index is 9.88. The van der Waals surface area contributed by atoms with Gasteiger partial charge in [-0.15, -0.1) is 0 Å². The van der Waals surface area contributed by atoms with Crippen molar-refractivity contribution in [2.75, 3.05) is 14.2 Å². The summed E-state index contributed by atoms with van der Waals surface area (Å²) < 4.78 is 18.5. The van der Waals surface area contributed by atoms with Crippen LogP contribution in [0.4, 0.5) is 0 Å². The van der Waals surface area contributed by atoms with E-state index >= 15 is 0 Å². The third-order valence-electron chi connectivity index (χ3n) is 5.03. The van der Waals surface area contributed by atoms with E-state index in [-0.39, 0.29) is 11.5 Å². The molecule has 0 bridgehead atoms. The summed E-state index contributed by atoms with van der Waals surface area (Å²) >= 11 is 6.17. The number of ether oxygens (including phenoxy) is 3. The van der Waals surface area contributed by atoms with E-state index in [1.807, 2.05) is 25.1 Å². The minimum Gasteiger partial charge on any atom is -0.497 e. The van der Waals surface area contributed by atoms with Crippen LogP contribution in [0.5, 0.6) is 17.4 Å². The first-order valence-electron chi connectivity index (χ1n) is 9.13. The number of hydrogen-bond donors (Lipinski definition) is 1. The van der Waals surface area contributed by atoms with E-state index in [1.165, 1.54) is 0 Å². The number of hydrogen-bond acceptors (Lipinski definition) is 6. The minimum atomic E-state index is -0.531. The monoisotopic (exact) mass is 422 g/mol. The largest absolute Gasteiger partial charge is 0.497 e. The number of benzene rings is 2. The Morgan fingerprint density at radius 2 is 2.00 bits per heavy atom. The second-order valence-electron chi connectivity index (χ2n) is 6.73. The highest BCUT2D eigenvalue weighted by molar-refractivity contribution is 6.30. The summed E-state index contributed by atoms with van der Waals surface area (Å²) in [5.74, 6) is 1.15. The molecule has 2 heterocycles. The number of halogens is 1. The van der Waals surface area contributed by atoms with Crippen molar-refractivity contribution in [1.82, 2.24) is 9.78 Å². The van der Waals surface area contributed by atoms with E-state index in [0.29, 0.717) is 28.1 Å². The van der Waals surface area contributed by atoms with Gasteiger partial charge in [0.25, 0.3) is 0 Å². The van der Waals surface area contributed by atoms with Gasteiger partial charge in [-0.25, -0.2) is 4.68 Å². The summed E-state index contributed by atoms with van der Waals surface area (Å²) in [5, 5.41) is 15.1. The first kappa shape index (κ1) is 19.7. The first-order chi connectivity index (χ1) is 14.5. The van der Waals surface area contributed by atoms with Gasteiger partial charge in [-0.3, -0.25) is 0 Å². The van der Waals surface area contributed by atoms with Gasteiger partial charge in [-0.2, -0.15) is 10.4 Å². The number of fused-ring (bicyclic) bond motifs is 1. The molecule has 2 N–H and O–H groups in total. The second kappa shape index (κ2) is 7.65. The Morgan fingerprint density at radius 1 is 1.20 bits per heavy atom. The average molecular weight is 423 g/mol. The van der Waals surface area contributed by atoms with E-state index < -0.39 is 5.92 Å². The lowest BCUT2D eigenvalue weighted by Crippen LogP contribution is -2.22. The highest BCUT2D eigenvalue weighted by atomic mass is 35.5. The molecular formula is C22H19ClN4O3. The van der Waals surface area contributed by atoms with Gasteiger partial charge in [0.1, 0.15) is 23.1 Å². The molecule has 1 aliphatic heterocycles. The zero-order valence-electron chi connectivity index (χ0n) is 16.6. The SMILES string of the molecule is COc1ccc(OC)c(C2C(C#N)=C(N)Oc3c2c(C)nn3-c2cccc(Cl)c2)c1. The predicted molar refractivity (Wildman–Crippen MR) is 112 cm³/mol. The number of methoxy groups -OCH3 is 2. The second-order valence-corrected chi connectivity index (χ2v) is 7.17. The van der Waals surface area contributed by atoms with Crippen molar-refractivity contribution >= 4 is 11.6 Å². The van der Waals surface area contributed by atoms with Crippen LogP contribution in [0.1, 0.15) is 22.7 Å². The Kier molecular flexibility index (Phi) is 5.02. The Labute approximate surface area is 178 Å². The molecule has 1 aromatic heterocycles. The topological polar surface area (TPSA) is 95.3 Å². The maximum Gasteiger partial charge on any atom is 0.229 e. The molecule has 4 rings (SSSR count). The van der Waals surface area contributed by atoms with Crippen molar-refractivity contribution in [3.8, 4) is 29.1 Å². The average Bonchev–Trinajstić information content (AvgIpc) is 3.08. The standard InChI is InChI=1S/C22H19ClN4O3/c1-12-19-20(16-10-15(28-2)7-8-18(16)29-3)17(11-24)21(25)30-22(19)27(26-12)14-6-4-5-13(23)9-14/h4-10,20H,25H2,1-3H3. The van der Waals surface area contributed by atoms with E-state index in [0.717, 1.165) is 16.8 Å². The van der Waals surface area contributed by atoms with Crippen molar-refractivity contribution in [3.05, 3.63) is 75.8 Å². The Balaban J connectivity index is 1.99. The zero-order chi connectivity index (χ0) is 21.4. The van der Waals surface area contributed by atoms with Crippen LogP contribution in [0, 0.1) is 18.3 Å². The maximum absolute atomic E-state index is 9.88. The number of nitrogens with two attached hydrogens (primary N) is 1. The summed E-state index contributed by atoms with van der Waals surface area (Å²) in [4.78, 5) is 0. The molecule has 1 unspecified atom stereocenters. The number of nitriles is 1. The van der Waals surface area contributed by atoms with Gasteiger partial charge in [-0.05, 0) is 43.3 Å². The third kappa shape index (κ3) is 3.11. The summed E-state index contributed by atoms with van der Waals surface area (Å²) in [6, 6.07) is 14.9. The van der Waals surface area contributed by atoms with Gasteiger partial charge >= 0.3 is 0 Å². The molecule has 0 fully saturated rings. The molecule has 0 saturated heterocycles. The van der Waals surface area contributed by atoms with E-state index in [1.54, 1.807) is 43.2 Å².